The summed E-state index contributed by atoms with van der Waals surface area (Å²) in [5.41, 5.74) is 6.17. The average Bonchev–Trinajstić information content (AvgIpc) is 3.28. The van der Waals surface area contributed by atoms with E-state index in [1.54, 1.807) is 4.57 Å². The van der Waals surface area contributed by atoms with Crippen molar-refractivity contribution >= 4 is 23.4 Å². The number of aromatic nitrogens is 5. The Labute approximate surface area is 205 Å². The molecule has 0 aliphatic carbocycles. The van der Waals surface area contributed by atoms with Gasteiger partial charge in [-0.3, -0.25) is 23.3 Å². The molecule has 11 heteroatoms. The fraction of sp³-hybridized carbons (Fsp3) is 0.208. The zero-order valence-electron chi connectivity index (χ0n) is 19.5. The highest BCUT2D eigenvalue weighted by molar-refractivity contribution is 7.99. The summed E-state index contributed by atoms with van der Waals surface area (Å²) < 4.78 is 9.71. The molecule has 2 N–H and O–H groups in total. The summed E-state index contributed by atoms with van der Waals surface area (Å²) >= 11 is 1.12. The van der Waals surface area contributed by atoms with Gasteiger partial charge in [-0.05, 0) is 30.7 Å². The molecule has 0 bridgehead atoms. The number of aryl methyl sites for hydroxylation is 1. The second-order valence-corrected chi connectivity index (χ2v) is 8.74. The predicted molar refractivity (Wildman–Crippen MR) is 133 cm³/mol. The number of Topliss-reactive ketones (excluding diaryl/α,β-unsaturated/α-hetero) is 1. The van der Waals surface area contributed by atoms with Gasteiger partial charge in [-0.25, -0.2) is 4.79 Å². The number of nitrogen functional groups attached to an aromatic ring is 1. The third kappa shape index (κ3) is 4.76. The summed E-state index contributed by atoms with van der Waals surface area (Å²) in [5.74, 6) is 0.485. The molecule has 0 spiro atoms. The molecule has 0 aliphatic rings. The molecule has 35 heavy (non-hydrogen) atoms. The number of hydrogen-bond donors (Lipinski definition) is 1. The number of anilines is 1. The van der Waals surface area contributed by atoms with Crippen molar-refractivity contribution in [2.75, 3.05) is 11.5 Å². The van der Waals surface area contributed by atoms with E-state index in [1.807, 2.05) is 61.5 Å². The number of benzene rings is 2. The highest BCUT2D eigenvalue weighted by Gasteiger charge is 2.22. The number of thioether (sulfide) groups is 1. The van der Waals surface area contributed by atoms with Crippen molar-refractivity contribution in [2.24, 2.45) is 14.1 Å². The molecule has 0 atom stereocenters. The van der Waals surface area contributed by atoms with Gasteiger partial charge in [-0.1, -0.05) is 48.2 Å². The van der Waals surface area contributed by atoms with Crippen molar-refractivity contribution in [3.8, 4) is 11.4 Å². The lowest BCUT2D eigenvalue weighted by molar-refractivity contribution is 0.102. The van der Waals surface area contributed by atoms with Crippen molar-refractivity contribution in [1.82, 2.24) is 23.9 Å². The van der Waals surface area contributed by atoms with Crippen LogP contribution in [0.25, 0.3) is 5.69 Å². The number of rotatable bonds is 8. The fourth-order valence-corrected chi connectivity index (χ4v) is 4.35. The van der Waals surface area contributed by atoms with Gasteiger partial charge in [0.05, 0.1) is 5.75 Å². The quantitative estimate of drug-likeness (QED) is 0.293. The van der Waals surface area contributed by atoms with Crippen LogP contribution in [0.1, 0.15) is 21.7 Å². The van der Waals surface area contributed by atoms with Crippen molar-refractivity contribution in [3.63, 3.8) is 0 Å². The van der Waals surface area contributed by atoms with Crippen molar-refractivity contribution in [1.29, 1.82) is 0 Å². The SMILES string of the molecule is Cc1ccccc1OCc1nnc(SCC(=O)c2c(N)n(C)c(=O)n(C)c2=O)n1-c1ccccc1. The summed E-state index contributed by atoms with van der Waals surface area (Å²) in [6.07, 6.45) is 0. The standard InChI is InChI=1S/C24H24N6O4S/c1-15-9-7-8-12-18(15)34-13-19-26-27-23(30(19)16-10-5-4-6-11-16)35-14-17(31)20-21(25)28(2)24(33)29(3)22(20)32/h4-12H,13-14,25H2,1-3H3. The highest BCUT2D eigenvalue weighted by Crippen LogP contribution is 2.25. The Balaban J connectivity index is 1.62. The Morgan fingerprint density at radius 2 is 1.69 bits per heavy atom. The Hall–Kier alpha value is -4.12. The van der Waals surface area contributed by atoms with Gasteiger partial charge in [-0.15, -0.1) is 10.2 Å². The van der Waals surface area contributed by atoms with Gasteiger partial charge in [0, 0.05) is 19.8 Å². The smallest absolute Gasteiger partial charge is 0.332 e. The minimum Gasteiger partial charge on any atom is -0.485 e. The molecule has 0 aliphatic heterocycles. The van der Waals surface area contributed by atoms with Crippen LogP contribution >= 0.6 is 11.8 Å². The third-order valence-electron chi connectivity index (χ3n) is 5.49. The molecule has 0 radical (unpaired) electrons. The summed E-state index contributed by atoms with van der Waals surface area (Å²) in [4.78, 5) is 37.6. The number of nitrogens with zero attached hydrogens (tertiary/aromatic N) is 5. The molecule has 180 valence electrons. The molecular weight excluding hydrogens is 468 g/mol. The lowest BCUT2D eigenvalue weighted by Gasteiger charge is -2.12. The molecule has 0 saturated carbocycles. The van der Waals surface area contributed by atoms with Crippen LogP contribution in [0.5, 0.6) is 5.75 Å². The molecule has 2 aromatic heterocycles. The summed E-state index contributed by atoms with van der Waals surface area (Å²) in [7, 11) is 2.72. The maximum atomic E-state index is 13.0. The van der Waals surface area contributed by atoms with E-state index in [4.69, 9.17) is 10.5 Å². The van der Waals surface area contributed by atoms with Gasteiger partial charge < -0.3 is 10.5 Å². The third-order valence-corrected chi connectivity index (χ3v) is 6.42. The number of hydrogen-bond acceptors (Lipinski definition) is 8. The van der Waals surface area contributed by atoms with E-state index in [2.05, 4.69) is 10.2 Å². The fourth-order valence-electron chi connectivity index (χ4n) is 3.51. The van der Waals surface area contributed by atoms with Gasteiger partial charge in [0.1, 0.15) is 23.7 Å². The Kier molecular flexibility index (Phi) is 6.87. The number of ether oxygens (including phenoxy) is 1. The van der Waals surface area contributed by atoms with Crippen LogP contribution in [0, 0.1) is 6.92 Å². The predicted octanol–water partition coefficient (Wildman–Crippen LogP) is 2.11. The summed E-state index contributed by atoms with van der Waals surface area (Å²) in [5, 5.41) is 9.00. The first-order chi connectivity index (χ1) is 16.8. The zero-order valence-corrected chi connectivity index (χ0v) is 20.3. The van der Waals surface area contributed by atoms with E-state index in [9.17, 15) is 14.4 Å². The summed E-state index contributed by atoms with van der Waals surface area (Å²) in [6, 6.07) is 17.1. The molecule has 0 saturated heterocycles. The first kappa shape index (κ1) is 24.0. The highest BCUT2D eigenvalue weighted by atomic mass is 32.2. The van der Waals surface area contributed by atoms with Crippen LogP contribution in [0.15, 0.2) is 69.3 Å². The van der Waals surface area contributed by atoms with Crippen molar-refractivity contribution < 1.29 is 9.53 Å². The van der Waals surface area contributed by atoms with Gasteiger partial charge in [-0.2, -0.15) is 0 Å². The number of carbonyl (C=O) groups is 1. The Bertz CT molecular complexity index is 1510. The van der Waals surface area contributed by atoms with Crippen LogP contribution in [-0.2, 0) is 20.7 Å². The lowest BCUT2D eigenvalue weighted by atomic mass is 10.2. The molecular formula is C24H24N6O4S. The van der Waals surface area contributed by atoms with Gasteiger partial charge in [0.2, 0.25) is 0 Å². The normalized spacial score (nSPS) is 10.9. The van der Waals surface area contributed by atoms with Gasteiger partial charge in [0.15, 0.2) is 16.8 Å². The van der Waals surface area contributed by atoms with Gasteiger partial charge >= 0.3 is 5.69 Å². The average molecular weight is 493 g/mol. The van der Waals surface area contributed by atoms with E-state index < -0.39 is 17.0 Å². The second-order valence-electron chi connectivity index (χ2n) is 7.80. The number of carbonyl (C=O) groups excluding carboxylic acids is 1. The van der Waals surface area contributed by atoms with Crippen LogP contribution < -0.4 is 21.7 Å². The van der Waals surface area contributed by atoms with Crippen molar-refractivity contribution in [2.45, 2.75) is 18.7 Å². The van der Waals surface area contributed by atoms with E-state index in [0.717, 1.165) is 37.9 Å². The monoisotopic (exact) mass is 492 g/mol. The topological polar surface area (TPSA) is 127 Å². The Morgan fingerprint density at radius 1 is 1.00 bits per heavy atom. The maximum Gasteiger partial charge on any atom is 0.332 e. The Morgan fingerprint density at radius 3 is 2.40 bits per heavy atom. The molecule has 4 rings (SSSR count). The molecule has 0 amide bonds. The minimum absolute atomic E-state index is 0.124. The molecule has 0 unspecified atom stereocenters. The van der Waals surface area contributed by atoms with E-state index >= 15 is 0 Å². The molecule has 2 heterocycles. The van der Waals surface area contributed by atoms with E-state index in [-0.39, 0.29) is 23.7 Å². The summed E-state index contributed by atoms with van der Waals surface area (Å²) in [6.45, 7) is 2.12. The lowest BCUT2D eigenvalue weighted by Crippen LogP contribution is -2.41. The van der Waals surface area contributed by atoms with E-state index in [1.165, 1.54) is 14.1 Å². The van der Waals surface area contributed by atoms with Crippen LogP contribution in [-0.4, -0.2) is 35.4 Å². The number of para-hydroxylation sites is 2. The van der Waals surface area contributed by atoms with Crippen LogP contribution in [0.3, 0.4) is 0 Å². The van der Waals surface area contributed by atoms with Crippen LogP contribution in [0.4, 0.5) is 5.82 Å². The van der Waals surface area contributed by atoms with Crippen LogP contribution in [0.2, 0.25) is 0 Å². The molecule has 10 nitrogen and oxygen atoms in total. The number of ketones is 1. The van der Waals surface area contributed by atoms with E-state index in [0.29, 0.717) is 11.0 Å². The van der Waals surface area contributed by atoms with Gasteiger partial charge in [0.25, 0.3) is 5.56 Å². The molecule has 0 fully saturated rings. The van der Waals surface area contributed by atoms with Crippen molar-refractivity contribution in [3.05, 3.63) is 92.4 Å². The first-order valence-corrected chi connectivity index (χ1v) is 11.7. The second kappa shape index (κ2) is 10.0. The molecule has 2 aromatic carbocycles. The molecule has 4 aromatic rings. The minimum atomic E-state index is -0.729. The zero-order chi connectivity index (χ0) is 25.1. The maximum absolute atomic E-state index is 13.0. The largest absolute Gasteiger partial charge is 0.485 e. The first-order valence-electron chi connectivity index (χ1n) is 10.7. The number of nitrogens with two attached hydrogens (primary N) is 1.